The molecule has 0 saturated carbocycles. The fourth-order valence-corrected chi connectivity index (χ4v) is 4.05. The molecule has 3 aromatic rings. The number of nitrogens with one attached hydrogen (secondary N) is 1. The Balaban J connectivity index is 1.57. The van der Waals surface area contributed by atoms with Gasteiger partial charge >= 0.3 is 0 Å². The minimum Gasteiger partial charge on any atom is -0.372 e. The summed E-state index contributed by atoms with van der Waals surface area (Å²) < 4.78 is 6.98. The standard InChI is InChI=1S/C18H18N4O2S/c1-19-17-16(20-6-7-21-17)13-11-22(8-9-24-13)18(23)15-10-12-4-2-3-5-14(12)25-15/h2-7,10,13H,8-9,11H2,1H3,(H,19,21)/t13-/m0/s1. The lowest BCUT2D eigenvalue weighted by Crippen LogP contribution is -2.42. The van der Waals surface area contributed by atoms with Gasteiger partial charge in [0, 0.05) is 30.7 Å². The van der Waals surface area contributed by atoms with Crippen LogP contribution in [0.1, 0.15) is 21.5 Å². The number of amides is 1. The van der Waals surface area contributed by atoms with E-state index in [1.165, 1.54) is 11.3 Å². The van der Waals surface area contributed by atoms with Gasteiger partial charge in [-0.3, -0.25) is 9.78 Å². The number of nitrogens with zero attached hydrogens (tertiary/aromatic N) is 3. The van der Waals surface area contributed by atoms with Gasteiger partial charge in [0.15, 0.2) is 0 Å². The number of hydrogen-bond donors (Lipinski definition) is 1. The number of benzene rings is 1. The van der Waals surface area contributed by atoms with E-state index in [1.807, 2.05) is 35.2 Å². The lowest BCUT2D eigenvalue weighted by molar-refractivity contribution is -0.0243. The monoisotopic (exact) mass is 354 g/mol. The summed E-state index contributed by atoms with van der Waals surface area (Å²) in [5.41, 5.74) is 0.735. The normalized spacial score (nSPS) is 17.6. The fourth-order valence-electron chi connectivity index (χ4n) is 3.02. The molecule has 0 radical (unpaired) electrons. The van der Waals surface area contributed by atoms with E-state index in [4.69, 9.17) is 4.74 Å². The Morgan fingerprint density at radius 3 is 3.00 bits per heavy atom. The van der Waals surface area contributed by atoms with Gasteiger partial charge in [0.2, 0.25) is 0 Å². The largest absolute Gasteiger partial charge is 0.372 e. The SMILES string of the molecule is CNc1nccnc1[C@@H]1CN(C(=O)c2cc3ccccc3s2)CCO1. The molecule has 0 unspecified atom stereocenters. The van der Waals surface area contributed by atoms with E-state index >= 15 is 0 Å². The maximum absolute atomic E-state index is 12.9. The second-order valence-electron chi connectivity index (χ2n) is 5.80. The molecule has 1 aliphatic rings. The number of rotatable bonds is 3. The number of carbonyl (C=O) groups excluding carboxylic acids is 1. The topological polar surface area (TPSA) is 67.4 Å². The van der Waals surface area contributed by atoms with Gasteiger partial charge in [0.1, 0.15) is 17.6 Å². The van der Waals surface area contributed by atoms with Crippen molar-refractivity contribution in [3.8, 4) is 0 Å². The molecule has 1 aromatic carbocycles. The Labute approximate surface area is 149 Å². The van der Waals surface area contributed by atoms with Crippen LogP contribution in [0.15, 0.2) is 42.7 Å². The minimum atomic E-state index is -0.275. The molecule has 3 heterocycles. The average Bonchev–Trinajstić information content (AvgIpc) is 3.11. The van der Waals surface area contributed by atoms with Crippen LogP contribution in [0.4, 0.5) is 5.82 Å². The van der Waals surface area contributed by atoms with Crippen LogP contribution in [0.2, 0.25) is 0 Å². The van der Waals surface area contributed by atoms with Gasteiger partial charge in [0.25, 0.3) is 5.91 Å². The highest BCUT2D eigenvalue weighted by Gasteiger charge is 2.29. The highest BCUT2D eigenvalue weighted by molar-refractivity contribution is 7.20. The smallest absolute Gasteiger partial charge is 0.264 e. The van der Waals surface area contributed by atoms with Crippen molar-refractivity contribution in [3.63, 3.8) is 0 Å². The molecular weight excluding hydrogens is 336 g/mol. The van der Waals surface area contributed by atoms with E-state index in [9.17, 15) is 4.79 Å². The van der Waals surface area contributed by atoms with Crippen LogP contribution in [0.25, 0.3) is 10.1 Å². The number of thiophene rings is 1. The van der Waals surface area contributed by atoms with Crippen LogP contribution in [0.5, 0.6) is 0 Å². The Hall–Kier alpha value is -2.51. The molecule has 6 nitrogen and oxygen atoms in total. The summed E-state index contributed by atoms with van der Waals surface area (Å²) in [4.78, 5) is 24.2. The van der Waals surface area contributed by atoms with Crippen LogP contribution in [-0.4, -0.2) is 47.5 Å². The van der Waals surface area contributed by atoms with Gasteiger partial charge in [-0.1, -0.05) is 18.2 Å². The number of anilines is 1. The first-order valence-electron chi connectivity index (χ1n) is 8.14. The van der Waals surface area contributed by atoms with E-state index in [0.29, 0.717) is 25.5 Å². The van der Waals surface area contributed by atoms with Crippen molar-refractivity contribution in [2.24, 2.45) is 0 Å². The summed E-state index contributed by atoms with van der Waals surface area (Å²) in [5, 5.41) is 4.14. The molecule has 7 heteroatoms. The zero-order valence-electron chi connectivity index (χ0n) is 13.8. The van der Waals surface area contributed by atoms with Crippen molar-refractivity contribution in [3.05, 3.63) is 53.3 Å². The van der Waals surface area contributed by atoms with Crippen molar-refractivity contribution in [2.45, 2.75) is 6.10 Å². The third kappa shape index (κ3) is 3.08. The second kappa shape index (κ2) is 6.78. The number of ether oxygens (including phenoxy) is 1. The van der Waals surface area contributed by atoms with Crippen molar-refractivity contribution in [2.75, 3.05) is 32.1 Å². The van der Waals surface area contributed by atoms with Gasteiger partial charge in [-0.25, -0.2) is 4.98 Å². The molecule has 1 N–H and O–H groups in total. The number of aromatic nitrogens is 2. The second-order valence-corrected chi connectivity index (χ2v) is 6.88. The number of fused-ring (bicyclic) bond motifs is 1. The summed E-state index contributed by atoms with van der Waals surface area (Å²) in [5.74, 6) is 0.730. The van der Waals surface area contributed by atoms with Gasteiger partial charge < -0.3 is 15.0 Å². The van der Waals surface area contributed by atoms with E-state index in [2.05, 4.69) is 15.3 Å². The minimum absolute atomic E-state index is 0.0457. The van der Waals surface area contributed by atoms with E-state index < -0.39 is 0 Å². The quantitative estimate of drug-likeness (QED) is 0.783. The summed E-state index contributed by atoms with van der Waals surface area (Å²) in [6.45, 7) is 1.54. The molecular formula is C18H18N4O2S. The molecule has 2 aromatic heterocycles. The van der Waals surface area contributed by atoms with E-state index in [0.717, 1.165) is 20.7 Å². The Morgan fingerprint density at radius 1 is 1.32 bits per heavy atom. The highest BCUT2D eigenvalue weighted by Crippen LogP contribution is 2.29. The van der Waals surface area contributed by atoms with Crippen molar-refractivity contribution in [1.29, 1.82) is 0 Å². The number of morpholine rings is 1. The average molecular weight is 354 g/mol. The summed E-state index contributed by atoms with van der Waals surface area (Å²) >= 11 is 1.53. The molecule has 1 saturated heterocycles. The molecule has 4 rings (SSSR count). The van der Waals surface area contributed by atoms with Crippen molar-refractivity contribution in [1.82, 2.24) is 14.9 Å². The molecule has 1 atom stereocenters. The van der Waals surface area contributed by atoms with Crippen LogP contribution < -0.4 is 5.32 Å². The Morgan fingerprint density at radius 2 is 2.16 bits per heavy atom. The number of carbonyl (C=O) groups is 1. The molecule has 25 heavy (non-hydrogen) atoms. The maximum atomic E-state index is 12.9. The van der Waals surface area contributed by atoms with Gasteiger partial charge in [0.05, 0.1) is 18.0 Å². The van der Waals surface area contributed by atoms with Crippen molar-refractivity contribution >= 4 is 33.1 Å². The lowest BCUT2D eigenvalue weighted by atomic mass is 10.2. The van der Waals surface area contributed by atoms with Gasteiger partial charge in [-0.15, -0.1) is 11.3 Å². The molecule has 128 valence electrons. The van der Waals surface area contributed by atoms with E-state index in [-0.39, 0.29) is 12.0 Å². The zero-order valence-corrected chi connectivity index (χ0v) is 14.6. The van der Waals surface area contributed by atoms with Crippen molar-refractivity contribution < 1.29 is 9.53 Å². The third-order valence-electron chi connectivity index (χ3n) is 4.26. The third-order valence-corrected chi connectivity index (χ3v) is 5.36. The molecule has 0 spiro atoms. The molecule has 1 fully saturated rings. The van der Waals surface area contributed by atoms with Crippen LogP contribution >= 0.6 is 11.3 Å². The Kier molecular flexibility index (Phi) is 4.33. The fraction of sp³-hybridized carbons (Fsp3) is 0.278. The zero-order chi connectivity index (χ0) is 17.2. The van der Waals surface area contributed by atoms with Gasteiger partial charge in [-0.2, -0.15) is 0 Å². The molecule has 0 aliphatic carbocycles. The predicted molar refractivity (Wildman–Crippen MR) is 98.0 cm³/mol. The lowest BCUT2D eigenvalue weighted by Gasteiger charge is -2.32. The Bertz CT molecular complexity index is 878. The predicted octanol–water partition coefficient (Wildman–Crippen LogP) is 2.95. The number of hydrogen-bond acceptors (Lipinski definition) is 6. The molecule has 0 bridgehead atoms. The first-order valence-corrected chi connectivity index (χ1v) is 8.96. The van der Waals surface area contributed by atoms with E-state index in [1.54, 1.807) is 19.4 Å². The summed E-state index contributed by atoms with van der Waals surface area (Å²) in [7, 11) is 1.80. The maximum Gasteiger partial charge on any atom is 0.264 e. The van der Waals surface area contributed by atoms with Crippen LogP contribution in [-0.2, 0) is 4.74 Å². The first kappa shape index (κ1) is 16.0. The van der Waals surface area contributed by atoms with Crippen LogP contribution in [0.3, 0.4) is 0 Å². The van der Waals surface area contributed by atoms with Crippen LogP contribution in [0, 0.1) is 0 Å². The van der Waals surface area contributed by atoms with Gasteiger partial charge in [-0.05, 0) is 17.5 Å². The summed E-state index contributed by atoms with van der Waals surface area (Å²) in [6, 6.07) is 10.0. The molecule has 1 aliphatic heterocycles. The molecule has 1 amide bonds. The highest BCUT2D eigenvalue weighted by atomic mass is 32.1. The summed E-state index contributed by atoms with van der Waals surface area (Å²) in [6.07, 6.45) is 3.01. The first-order chi connectivity index (χ1) is 12.3.